The van der Waals surface area contributed by atoms with E-state index in [4.69, 9.17) is 0 Å². The predicted molar refractivity (Wildman–Crippen MR) is 140 cm³/mol. The number of carbonyl (C=O) groups excluding carboxylic acids is 2. The molecule has 0 radical (unpaired) electrons. The van der Waals surface area contributed by atoms with E-state index in [1.165, 1.54) is 37.9 Å². The van der Waals surface area contributed by atoms with Crippen LogP contribution in [0.4, 0.5) is 0 Å². The maximum Gasteiger partial charge on any atom is 0.254 e. The van der Waals surface area contributed by atoms with E-state index in [1.54, 1.807) is 0 Å². The summed E-state index contributed by atoms with van der Waals surface area (Å²) in [6, 6.07) is 22.4. The number of piperidine rings is 2. The molecule has 0 aromatic heterocycles. The molecule has 0 spiro atoms. The fourth-order valence-electron chi connectivity index (χ4n) is 5.43. The topological polar surface area (TPSA) is 52.7 Å². The van der Waals surface area contributed by atoms with Crippen LogP contribution >= 0.6 is 0 Å². The fraction of sp³-hybridized carbons (Fsp3) is 0.400. The molecule has 2 heterocycles. The highest BCUT2D eigenvalue weighted by Gasteiger charge is 2.29. The molecule has 2 amide bonds. The van der Waals surface area contributed by atoms with Gasteiger partial charge in [0.25, 0.3) is 5.91 Å². The van der Waals surface area contributed by atoms with Gasteiger partial charge in [0.2, 0.25) is 5.91 Å². The van der Waals surface area contributed by atoms with Gasteiger partial charge in [-0.2, -0.15) is 0 Å². The van der Waals surface area contributed by atoms with Gasteiger partial charge in [-0.15, -0.1) is 0 Å². The number of benzene rings is 3. The Morgan fingerprint density at radius 1 is 0.800 bits per heavy atom. The zero-order valence-electron chi connectivity index (χ0n) is 20.4. The van der Waals surface area contributed by atoms with E-state index < -0.39 is 0 Å². The summed E-state index contributed by atoms with van der Waals surface area (Å²) < 4.78 is 0. The maximum atomic E-state index is 13.3. The second-order valence-corrected chi connectivity index (χ2v) is 9.99. The van der Waals surface area contributed by atoms with Gasteiger partial charge >= 0.3 is 0 Å². The van der Waals surface area contributed by atoms with Gasteiger partial charge in [0.1, 0.15) is 0 Å². The first-order valence-electron chi connectivity index (χ1n) is 13.0. The van der Waals surface area contributed by atoms with E-state index in [-0.39, 0.29) is 17.7 Å². The number of hydrogen-bond donors (Lipinski definition) is 1. The fourth-order valence-corrected chi connectivity index (χ4v) is 5.43. The highest BCUT2D eigenvalue weighted by molar-refractivity contribution is 6.07. The number of rotatable bonds is 6. The van der Waals surface area contributed by atoms with Crippen LogP contribution in [0.25, 0.3) is 10.8 Å². The van der Waals surface area contributed by atoms with Crippen molar-refractivity contribution in [2.75, 3.05) is 26.2 Å². The molecule has 3 aromatic rings. The molecular weight excluding hydrogens is 434 g/mol. The number of likely N-dealkylation sites (tertiary alicyclic amines) is 2. The molecule has 2 fully saturated rings. The average molecular weight is 470 g/mol. The van der Waals surface area contributed by atoms with Crippen molar-refractivity contribution >= 4 is 22.6 Å². The van der Waals surface area contributed by atoms with Crippen molar-refractivity contribution in [3.8, 4) is 0 Å². The van der Waals surface area contributed by atoms with Gasteiger partial charge in [0, 0.05) is 31.7 Å². The molecule has 2 aliphatic rings. The van der Waals surface area contributed by atoms with Crippen LogP contribution in [-0.2, 0) is 17.9 Å². The van der Waals surface area contributed by atoms with Gasteiger partial charge in [-0.05, 0) is 66.7 Å². The lowest BCUT2D eigenvalue weighted by Crippen LogP contribution is -2.45. The smallest absolute Gasteiger partial charge is 0.254 e. The molecule has 5 rings (SSSR count). The summed E-state index contributed by atoms with van der Waals surface area (Å²) in [4.78, 5) is 30.7. The lowest BCUT2D eigenvalue weighted by molar-refractivity contribution is -0.126. The van der Waals surface area contributed by atoms with Crippen molar-refractivity contribution < 1.29 is 9.59 Å². The van der Waals surface area contributed by atoms with Crippen LogP contribution in [0.2, 0.25) is 0 Å². The molecule has 5 heteroatoms. The number of carbonyl (C=O) groups is 2. The summed E-state index contributed by atoms with van der Waals surface area (Å²) in [5.41, 5.74) is 3.16. The molecule has 182 valence electrons. The quantitative estimate of drug-likeness (QED) is 0.553. The molecule has 0 bridgehead atoms. The molecule has 2 saturated heterocycles. The van der Waals surface area contributed by atoms with Crippen molar-refractivity contribution in [3.63, 3.8) is 0 Å². The van der Waals surface area contributed by atoms with E-state index in [0.717, 1.165) is 35.7 Å². The van der Waals surface area contributed by atoms with Gasteiger partial charge in [-0.1, -0.05) is 67.1 Å². The summed E-state index contributed by atoms with van der Waals surface area (Å²) in [6.07, 6.45) is 5.62. The zero-order valence-corrected chi connectivity index (χ0v) is 20.4. The van der Waals surface area contributed by atoms with E-state index in [0.29, 0.717) is 25.2 Å². The normalized spacial score (nSPS) is 19.0. The Labute approximate surface area is 208 Å². The standard InChI is InChI=1S/C30H35N3O2/c34-29(31-20-23-13-15-24(16-14-23)21-32-17-4-1-5-18-32)26-10-7-19-33(22-26)30(35)28-12-6-9-25-8-2-3-11-27(25)28/h2-3,6,8-9,11-16,26H,1,4-5,7,10,17-22H2,(H,31,34)/t26-/m1/s1. The zero-order chi connectivity index (χ0) is 24.0. The molecule has 2 aliphatic heterocycles. The first-order chi connectivity index (χ1) is 17.2. The first-order valence-corrected chi connectivity index (χ1v) is 13.0. The Hall–Kier alpha value is -3.18. The van der Waals surface area contributed by atoms with Gasteiger partial charge in [-0.25, -0.2) is 0 Å². The van der Waals surface area contributed by atoms with Crippen LogP contribution in [0.5, 0.6) is 0 Å². The molecule has 3 aromatic carbocycles. The van der Waals surface area contributed by atoms with Crippen LogP contribution in [0.1, 0.15) is 53.6 Å². The van der Waals surface area contributed by atoms with Crippen LogP contribution in [0, 0.1) is 5.92 Å². The number of amides is 2. The Morgan fingerprint density at radius 3 is 2.37 bits per heavy atom. The van der Waals surface area contributed by atoms with Crippen molar-refractivity contribution in [2.24, 2.45) is 5.92 Å². The van der Waals surface area contributed by atoms with Crippen LogP contribution in [0.15, 0.2) is 66.7 Å². The van der Waals surface area contributed by atoms with Crippen molar-refractivity contribution in [2.45, 2.75) is 45.2 Å². The third-order valence-corrected chi connectivity index (χ3v) is 7.44. The minimum atomic E-state index is -0.166. The maximum absolute atomic E-state index is 13.3. The van der Waals surface area contributed by atoms with Crippen molar-refractivity contribution in [3.05, 3.63) is 83.4 Å². The van der Waals surface area contributed by atoms with E-state index in [2.05, 4.69) is 34.5 Å². The van der Waals surface area contributed by atoms with E-state index in [9.17, 15) is 9.59 Å². The molecule has 35 heavy (non-hydrogen) atoms. The average Bonchev–Trinajstić information content (AvgIpc) is 2.92. The highest BCUT2D eigenvalue weighted by Crippen LogP contribution is 2.24. The molecular formula is C30H35N3O2. The summed E-state index contributed by atoms with van der Waals surface area (Å²) in [7, 11) is 0. The van der Waals surface area contributed by atoms with Gasteiger partial charge in [-0.3, -0.25) is 14.5 Å². The molecule has 1 atom stereocenters. The van der Waals surface area contributed by atoms with Gasteiger partial charge in [0.15, 0.2) is 0 Å². The SMILES string of the molecule is O=C(NCc1ccc(CN2CCCCC2)cc1)[C@@H]1CCCN(C(=O)c2cccc3ccccc23)C1. The van der Waals surface area contributed by atoms with Crippen molar-refractivity contribution in [1.29, 1.82) is 0 Å². The van der Waals surface area contributed by atoms with Crippen molar-refractivity contribution in [1.82, 2.24) is 15.1 Å². The number of fused-ring (bicyclic) bond motifs is 1. The Morgan fingerprint density at radius 2 is 1.54 bits per heavy atom. The summed E-state index contributed by atoms with van der Waals surface area (Å²) >= 11 is 0. The molecule has 0 unspecified atom stereocenters. The molecule has 0 aliphatic carbocycles. The molecule has 5 nitrogen and oxygen atoms in total. The minimum Gasteiger partial charge on any atom is -0.352 e. The van der Waals surface area contributed by atoms with E-state index >= 15 is 0 Å². The summed E-state index contributed by atoms with van der Waals surface area (Å²) in [6.45, 7) is 5.09. The third kappa shape index (κ3) is 5.73. The Balaban J connectivity index is 1.15. The minimum absolute atomic E-state index is 0.0172. The monoisotopic (exact) mass is 469 g/mol. The van der Waals surface area contributed by atoms with Gasteiger partial charge in [0.05, 0.1) is 5.92 Å². The van der Waals surface area contributed by atoms with Crippen LogP contribution in [-0.4, -0.2) is 47.8 Å². The lowest BCUT2D eigenvalue weighted by atomic mass is 9.95. The number of nitrogens with one attached hydrogen (secondary N) is 1. The predicted octanol–water partition coefficient (Wildman–Crippen LogP) is 4.99. The third-order valence-electron chi connectivity index (χ3n) is 7.44. The highest BCUT2D eigenvalue weighted by atomic mass is 16.2. The van der Waals surface area contributed by atoms with Crippen LogP contribution < -0.4 is 5.32 Å². The number of hydrogen-bond acceptors (Lipinski definition) is 3. The Kier molecular flexibility index (Phi) is 7.43. The second-order valence-electron chi connectivity index (χ2n) is 9.99. The summed E-state index contributed by atoms with van der Waals surface area (Å²) in [5.74, 6) is -0.109. The van der Waals surface area contributed by atoms with Crippen LogP contribution in [0.3, 0.4) is 0 Å². The Bertz CT molecular complexity index is 1160. The van der Waals surface area contributed by atoms with Gasteiger partial charge < -0.3 is 10.2 Å². The molecule has 0 saturated carbocycles. The number of nitrogens with zero attached hydrogens (tertiary/aromatic N) is 2. The summed E-state index contributed by atoms with van der Waals surface area (Å²) in [5, 5.41) is 5.14. The second kappa shape index (κ2) is 11.0. The first kappa shape index (κ1) is 23.6. The lowest BCUT2D eigenvalue weighted by Gasteiger charge is -2.32. The van der Waals surface area contributed by atoms with E-state index in [1.807, 2.05) is 47.4 Å². The molecule has 1 N–H and O–H groups in total. The largest absolute Gasteiger partial charge is 0.352 e.